The first-order valence-electron chi connectivity index (χ1n) is 6.57. The lowest BCUT2D eigenvalue weighted by molar-refractivity contribution is -0.131. The fourth-order valence-corrected chi connectivity index (χ4v) is 2.39. The Morgan fingerprint density at radius 1 is 1.55 bits per heavy atom. The number of aliphatic hydroxyl groups excluding tert-OH is 1. The molecule has 1 fully saturated rings. The Morgan fingerprint density at radius 2 is 2.35 bits per heavy atom. The second-order valence-electron chi connectivity index (χ2n) is 4.93. The zero-order chi connectivity index (χ0) is 14.5. The van der Waals surface area contributed by atoms with Crippen molar-refractivity contribution in [2.24, 2.45) is 0 Å². The average molecular weight is 277 g/mol. The molecule has 1 aromatic carbocycles. The van der Waals surface area contributed by atoms with Crippen molar-refractivity contribution in [1.82, 2.24) is 4.90 Å². The first-order valence-corrected chi connectivity index (χ1v) is 6.57. The van der Waals surface area contributed by atoms with Gasteiger partial charge in [-0.3, -0.25) is 4.90 Å². The summed E-state index contributed by atoms with van der Waals surface area (Å²) in [7, 11) is 1.56. The van der Waals surface area contributed by atoms with Gasteiger partial charge in [0.15, 0.2) is 0 Å². The van der Waals surface area contributed by atoms with E-state index in [4.69, 9.17) is 9.84 Å². The van der Waals surface area contributed by atoms with Crippen LogP contribution in [0.4, 0.5) is 0 Å². The van der Waals surface area contributed by atoms with E-state index in [1.165, 1.54) is 6.08 Å². The van der Waals surface area contributed by atoms with Crippen LogP contribution in [0.15, 0.2) is 24.3 Å². The van der Waals surface area contributed by atoms with Crippen LogP contribution in [-0.4, -0.2) is 47.4 Å². The van der Waals surface area contributed by atoms with Gasteiger partial charge in [0.25, 0.3) is 0 Å². The topological polar surface area (TPSA) is 70.0 Å². The van der Waals surface area contributed by atoms with Crippen molar-refractivity contribution < 1.29 is 19.7 Å². The maximum Gasteiger partial charge on any atom is 0.328 e. The van der Waals surface area contributed by atoms with Gasteiger partial charge in [-0.1, -0.05) is 6.07 Å². The molecule has 5 heteroatoms. The number of hydrogen-bond donors (Lipinski definition) is 2. The van der Waals surface area contributed by atoms with Gasteiger partial charge in [0, 0.05) is 31.3 Å². The van der Waals surface area contributed by atoms with E-state index in [0.29, 0.717) is 12.3 Å². The molecule has 5 nitrogen and oxygen atoms in total. The monoisotopic (exact) mass is 277 g/mol. The largest absolute Gasteiger partial charge is 0.496 e. The molecule has 1 unspecified atom stereocenters. The minimum Gasteiger partial charge on any atom is -0.496 e. The number of aliphatic hydroxyl groups is 1. The van der Waals surface area contributed by atoms with Crippen LogP contribution in [0.2, 0.25) is 0 Å². The van der Waals surface area contributed by atoms with E-state index in [9.17, 15) is 9.90 Å². The van der Waals surface area contributed by atoms with Gasteiger partial charge in [-0.25, -0.2) is 4.79 Å². The summed E-state index contributed by atoms with van der Waals surface area (Å²) in [5.41, 5.74) is 1.82. The van der Waals surface area contributed by atoms with Crippen LogP contribution in [0, 0.1) is 0 Å². The lowest BCUT2D eigenvalue weighted by Crippen LogP contribution is -2.21. The number of rotatable bonds is 5. The maximum absolute atomic E-state index is 10.6. The molecule has 0 saturated carbocycles. The molecule has 1 atom stereocenters. The Hall–Kier alpha value is -1.85. The molecule has 0 aliphatic carbocycles. The van der Waals surface area contributed by atoms with Crippen LogP contribution in [-0.2, 0) is 11.3 Å². The van der Waals surface area contributed by atoms with Gasteiger partial charge in [-0.15, -0.1) is 0 Å². The van der Waals surface area contributed by atoms with Gasteiger partial charge in [0.2, 0.25) is 0 Å². The number of aliphatic carboxylic acids is 1. The predicted octanol–water partition coefficient (Wildman–Crippen LogP) is 1.36. The molecule has 0 amide bonds. The molecule has 0 bridgehead atoms. The lowest BCUT2D eigenvalue weighted by atomic mass is 10.1. The minimum atomic E-state index is -0.986. The number of likely N-dealkylation sites (tertiary alicyclic amines) is 1. The van der Waals surface area contributed by atoms with Crippen LogP contribution in [0.3, 0.4) is 0 Å². The van der Waals surface area contributed by atoms with Gasteiger partial charge in [-0.2, -0.15) is 0 Å². The highest BCUT2D eigenvalue weighted by Gasteiger charge is 2.20. The van der Waals surface area contributed by atoms with Crippen molar-refractivity contribution in [3.05, 3.63) is 35.4 Å². The van der Waals surface area contributed by atoms with Gasteiger partial charge in [0.05, 0.1) is 13.2 Å². The molecule has 1 heterocycles. The number of carbonyl (C=O) groups is 1. The molecule has 20 heavy (non-hydrogen) atoms. The quantitative estimate of drug-likeness (QED) is 0.795. The van der Waals surface area contributed by atoms with Crippen molar-refractivity contribution in [2.75, 3.05) is 20.2 Å². The molecule has 0 spiro atoms. The number of β-amino-alcohol motifs (C(OH)–C–C–N with tert-alkyl or cyclic N) is 1. The molecule has 1 aliphatic rings. The Labute approximate surface area is 118 Å². The Bertz CT molecular complexity index is 513. The van der Waals surface area contributed by atoms with Crippen LogP contribution < -0.4 is 4.74 Å². The number of nitrogens with zero attached hydrogens (tertiary/aromatic N) is 1. The summed E-state index contributed by atoms with van der Waals surface area (Å²) in [6, 6.07) is 5.72. The number of carboxylic acids is 1. The number of methoxy groups -OCH3 is 1. The Balaban J connectivity index is 2.14. The maximum atomic E-state index is 10.6. The third-order valence-electron chi connectivity index (χ3n) is 3.35. The number of hydrogen-bond acceptors (Lipinski definition) is 4. The summed E-state index contributed by atoms with van der Waals surface area (Å²) in [6.45, 7) is 2.31. The molecule has 108 valence electrons. The summed E-state index contributed by atoms with van der Waals surface area (Å²) in [4.78, 5) is 12.8. The normalized spacial score (nSPS) is 19.6. The third-order valence-corrected chi connectivity index (χ3v) is 3.35. The smallest absolute Gasteiger partial charge is 0.328 e. The average Bonchev–Trinajstić information content (AvgIpc) is 2.82. The first kappa shape index (κ1) is 14.6. The van der Waals surface area contributed by atoms with E-state index in [0.717, 1.165) is 36.7 Å². The third kappa shape index (κ3) is 3.82. The summed E-state index contributed by atoms with van der Waals surface area (Å²) in [5, 5.41) is 18.2. The standard InChI is InChI=1S/C15H19NO4/c1-20-14-4-2-11(8-12(14)3-5-15(18)19)9-16-7-6-13(17)10-16/h2-5,8,13,17H,6-7,9-10H2,1H3,(H,18,19). The Morgan fingerprint density at radius 3 is 2.95 bits per heavy atom. The molecule has 2 N–H and O–H groups in total. The predicted molar refractivity (Wildman–Crippen MR) is 75.6 cm³/mol. The van der Waals surface area contributed by atoms with Gasteiger partial charge >= 0.3 is 5.97 Å². The number of ether oxygens (including phenoxy) is 1. The van der Waals surface area contributed by atoms with Gasteiger partial charge < -0.3 is 14.9 Å². The van der Waals surface area contributed by atoms with Gasteiger partial charge in [0.1, 0.15) is 5.75 Å². The highest BCUT2D eigenvalue weighted by atomic mass is 16.5. The lowest BCUT2D eigenvalue weighted by Gasteiger charge is -2.16. The van der Waals surface area contributed by atoms with E-state index in [-0.39, 0.29) is 6.10 Å². The van der Waals surface area contributed by atoms with Crippen molar-refractivity contribution >= 4 is 12.0 Å². The van der Waals surface area contributed by atoms with E-state index >= 15 is 0 Å². The van der Waals surface area contributed by atoms with Crippen LogP contribution in [0.5, 0.6) is 5.75 Å². The van der Waals surface area contributed by atoms with Crippen molar-refractivity contribution in [1.29, 1.82) is 0 Å². The molecular formula is C15H19NO4. The van der Waals surface area contributed by atoms with E-state index in [1.54, 1.807) is 7.11 Å². The molecule has 0 radical (unpaired) electrons. The second kappa shape index (κ2) is 6.54. The summed E-state index contributed by atoms with van der Waals surface area (Å²) in [6.07, 6.45) is 3.20. The highest BCUT2D eigenvalue weighted by Crippen LogP contribution is 2.23. The molecule has 2 rings (SSSR count). The van der Waals surface area contributed by atoms with Crippen molar-refractivity contribution in [3.8, 4) is 5.75 Å². The fourth-order valence-electron chi connectivity index (χ4n) is 2.39. The first-order chi connectivity index (χ1) is 9.58. The molecule has 1 saturated heterocycles. The highest BCUT2D eigenvalue weighted by molar-refractivity contribution is 5.85. The van der Waals surface area contributed by atoms with Crippen molar-refractivity contribution in [2.45, 2.75) is 19.1 Å². The van der Waals surface area contributed by atoms with Crippen LogP contribution >= 0.6 is 0 Å². The van der Waals surface area contributed by atoms with Gasteiger partial charge in [-0.05, 0) is 30.2 Å². The molecule has 0 aromatic heterocycles. The summed E-state index contributed by atoms with van der Waals surface area (Å²) >= 11 is 0. The Kier molecular flexibility index (Phi) is 4.76. The number of benzene rings is 1. The molecule has 1 aliphatic heterocycles. The van der Waals surface area contributed by atoms with Crippen molar-refractivity contribution in [3.63, 3.8) is 0 Å². The van der Waals surface area contributed by atoms with E-state index in [1.807, 2.05) is 18.2 Å². The minimum absolute atomic E-state index is 0.236. The zero-order valence-corrected chi connectivity index (χ0v) is 11.5. The fraction of sp³-hybridized carbons (Fsp3) is 0.400. The van der Waals surface area contributed by atoms with E-state index < -0.39 is 5.97 Å². The van der Waals surface area contributed by atoms with E-state index in [2.05, 4.69) is 4.90 Å². The molecule has 1 aromatic rings. The van der Waals surface area contributed by atoms with Crippen LogP contribution in [0.25, 0.3) is 6.08 Å². The zero-order valence-electron chi connectivity index (χ0n) is 11.5. The SMILES string of the molecule is COc1ccc(CN2CCC(O)C2)cc1C=CC(=O)O. The molecular weight excluding hydrogens is 258 g/mol. The number of carboxylic acid groups (broad SMARTS) is 1. The summed E-state index contributed by atoms with van der Waals surface area (Å²) < 4.78 is 5.22. The summed E-state index contributed by atoms with van der Waals surface area (Å²) in [5.74, 6) is -0.340. The van der Waals surface area contributed by atoms with Crippen LogP contribution in [0.1, 0.15) is 17.5 Å². The second-order valence-corrected chi connectivity index (χ2v) is 4.93.